The number of aromatic nitrogens is 2. The summed E-state index contributed by atoms with van der Waals surface area (Å²) in [4.78, 5) is 23.1. The van der Waals surface area contributed by atoms with Crippen LogP contribution >= 0.6 is 11.6 Å². The summed E-state index contributed by atoms with van der Waals surface area (Å²) in [6.45, 7) is 2.88. The molecule has 26 heavy (non-hydrogen) atoms. The number of hydrogen-bond acceptors (Lipinski definition) is 6. The zero-order valence-corrected chi connectivity index (χ0v) is 14.9. The maximum atomic E-state index is 12.3. The van der Waals surface area contributed by atoms with Crippen LogP contribution in [0.5, 0.6) is 0 Å². The summed E-state index contributed by atoms with van der Waals surface area (Å²) in [5.74, 6) is -0.0201. The van der Waals surface area contributed by atoms with E-state index in [1.165, 1.54) is 6.20 Å². The van der Waals surface area contributed by atoms with Gasteiger partial charge in [0.15, 0.2) is 5.79 Å². The van der Waals surface area contributed by atoms with Crippen molar-refractivity contribution in [3.05, 3.63) is 47.4 Å². The Balaban J connectivity index is 1.39. The number of carbonyl (C=O) groups excluding carboxylic acids is 1. The van der Waals surface area contributed by atoms with E-state index in [-0.39, 0.29) is 11.6 Å². The number of benzene rings is 1. The smallest absolute Gasteiger partial charge is 0.275 e. The lowest BCUT2D eigenvalue weighted by atomic mass is 10.0. The molecular formula is C18H19ClN4O3. The van der Waals surface area contributed by atoms with Gasteiger partial charge in [-0.2, -0.15) is 0 Å². The molecular weight excluding hydrogens is 356 g/mol. The van der Waals surface area contributed by atoms with Crippen molar-refractivity contribution in [3.63, 3.8) is 0 Å². The zero-order chi connectivity index (χ0) is 18.0. The third kappa shape index (κ3) is 3.51. The third-order valence-electron chi connectivity index (χ3n) is 4.66. The number of nitrogens with one attached hydrogen (secondary N) is 1. The molecule has 1 N–H and O–H groups in total. The van der Waals surface area contributed by atoms with Gasteiger partial charge in [-0.3, -0.25) is 4.79 Å². The fourth-order valence-electron chi connectivity index (χ4n) is 3.21. The van der Waals surface area contributed by atoms with Crippen molar-refractivity contribution >= 4 is 29.0 Å². The Kier molecular flexibility index (Phi) is 4.76. The Bertz CT molecular complexity index is 783. The van der Waals surface area contributed by atoms with E-state index in [4.69, 9.17) is 21.1 Å². The molecule has 2 aliphatic heterocycles. The summed E-state index contributed by atoms with van der Waals surface area (Å²) in [6, 6.07) is 7.06. The van der Waals surface area contributed by atoms with Crippen molar-refractivity contribution in [2.45, 2.75) is 18.6 Å². The first-order chi connectivity index (χ1) is 12.7. The molecule has 1 aromatic carbocycles. The second kappa shape index (κ2) is 7.19. The number of amides is 1. The van der Waals surface area contributed by atoms with Crippen LogP contribution in [-0.2, 0) is 9.47 Å². The number of piperidine rings is 1. The maximum absolute atomic E-state index is 12.3. The van der Waals surface area contributed by atoms with Crippen molar-refractivity contribution < 1.29 is 14.3 Å². The van der Waals surface area contributed by atoms with E-state index in [9.17, 15) is 4.79 Å². The van der Waals surface area contributed by atoms with Crippen molar-refractivity contribution in [2.75, 3.05) is 36.5 Å². The number of anilines is 2. The Labute approximate surface area is 156 Å². The van der Waals surface area contributed by atoms with Gasteiger partial charge in [0.05, 0.1) is 36.3 Å². The van der Waals surface area contributed by atoms with Crippen LogP contribution in [0.3, 0.4) is 0 Å². The van der Waals surface area contributed by atoms with Crippen LogP contribution in [0.2, 0.25) is 5.02 Å². The molecule has 136 valence electrons. The summed E-state index contributed by atoms with van der Waals surface area (Å²) >= 11 is 6.06. The van der Waals surface area contributed by atoms with Crippen LogP contribution in [0.4, 0.5) is 11.5 Å². The third-order valence-corrected chi connectivity index (χ3v) is 4.99. The topological polar surface area (TPSA) is 76.6 Å². The molecule has 1 amide bonds. The molecule has 2 aliphatic rings. The summed E-state index contributed by atoms with van der Waals surface area (Å²) in [6.07, 6.45) is 4.69. The molecule has 0 atom stereocenters. The summed E-state index contributed by atoms with van der Waals surface area (Å²) < 4.78 is 11.5. The normalized spacial score (nSPS) is 18.9. The quantitative estimate of drug-likeness (QED) is 0.890. The lowest BCUT2D eigenvalue weighted by molar-refractivity contribution is -0.169. The first-order valence-corrected chi connectivity index (χ1v) is 8.94. The molecule has 4 rings (SSSR count). The molecule has 1 aromatic heterocycles. The van der Waals surface area contributed by atoms with Crippen LogP contribution in [-0.4, -0.2) is 48.0 Å². The van der Waals surface area contributed by atoms with Crippen molar-refractivity contribution in [2.24, 2.45) is 0 Å². The number of carbonyl (C=O) groups is 1. The van der Waals surface area contributed by atoms with E-state index < -0.39 is 5.79 Å². The predicted octanol–water partition coefficient (Wildman–Crippen LogP) is 2.73. The van der Waals surface area contributed by atoms with Gasteiger partial charge in [-0.1, -0.05) is 23.7 Å². The largest absolute Gasteiger partial charge is 0.355 e. The van der Waals surface area contributed by atoms with Gasteiger partial charge < -0.3 is 19.7 Å². The highest BCUT2D eigenvalue weighted by atomic mass is 35.5. The van der Waals surface area contributed by atoms with Crippen molar-refractivity contribution in [3.8, 4) is 0 Å². The molecule has 0 saturated carbocycles. The van der Waals surface area contributed by atoms with Gasteiger partial charge in [0.2, 0.25) is 0 Å². The van der Waals surface area contributed by atoms with E-state index in [0.717, 1.165) is 31.7 Å². The highest BCUT2D eigenvalue weighted by molar-refractivity contribution is 6.33. The van der Waals surface area contributed by atoms with Gasteiger partial charge in [-0.25, -0.2) is 9.97 Å². The molecule has 3 heterocycles. The van der Waals surface area contributed by atoms with Gasteiger partial charge in [-0.15, -0.1) is 0 Å². The Morgan fingerprint density at radius 1 is 1.12 bits per heavy atom. The highest BCUT2D eigenvalue weighted by Gasteiger charge is 2.40. The predicted molar refractivity (Wildman–Crippen MR) is 97.5 cm³/mol. The molecule has 2 aromatic rings. The summed E-state index contributed by atoms with van der Waals surface area (Å²) in [5, 5.41) is 3.21. The van der Waals surface area contributed by atoms with Crippen LogP contribution in [0.25, 0.3) is 0 Å². The zero-order valence-electron chi connectivity index (χ0n) is 14.2. The fraction of sp³-hybridized carbons (Fsp3) is 0.389. The molecule has 0 bridgehead atoms. The Morgan fingerprint density at radius 3 is 2.50 bits per heavy atom. The minimum absolute atomic E-state index is 0.240. The van der Waals surface area contributed by atoms with Gasteiger partial charge in [-0.05, 0) is 12.1 Å². The summed E-state index contributed by atoms with van der Waals surface area (Å²) in [5.41, 5.74) is 0.785. The lowest BCUT2D eigenvalue weighted by Crippen LogP contribution is -2.45. The molecule has 2 fully saturated rings. The second-order valence-electron chi connectivity index (χ2n) is 6.29. The number of hydrogen-bond donors (Lipinski definition) is 1. The van der Waals surface area contributed by atoms with Crippen molar-refractivity contribution in [1.82, 2.24) is 9.97 Å². The molecule has 8 heteroatoms. The average molecular weight is 375 g/mol. The maximum Gasteiger partial charge on any atom is 0.275 e. The van der Waals surface area contributed by atoms with Crippen LogP contribution in [0, 0.1) is 0 Å². The first-order valence-electron chi connectivity index (χ1n) is 8.56. The number of para-hydroxylation sites is 1. The lowest BCUT2D eigenvalue weighted by Gasteiger charge is -2.37. The minimum atomic E-state index is -0.418. The second-order valence-corrected chi connectivity index (χ2v) is 6.70. The summed E-state index contributed by atoms with van der Waals surface area (Å²) in [7, 11) is 0. The average Bonchev–Trinajstić information content (AvgIpc) is 3.12. The van der Waals surface area contributed by atoms with Crippen LogP contribution in [0.1, 0.15) is 23.3 Å². The van der Waals surface area contributed by atoms with Gasteiger partial charge in [0, 0.05) is 25.9 Å². The monoisotopic (exact) mass is 374 g/mol. The van der Waals surface area contributed by atoms with Gasteiger partial charge >= 0.3 is 0 Å². The number of nitrogens with zero attached hydrogens (tertiary/aromatic N) is 3. The number of ether oxygens (including phenoxy) is 2. The van der Waals surface area contributed by atoms with E-state index in [1.807, 2.05) is 0 Å². The van der Waals surface area contributed by atoms with E-state index in [0.29, 0.717) is 23.9 Å². The van der Waals surface area contributed by atoms with E-state index in [1.54, 1.807) is 30.5 Å². The van der Waals surface area contributed by atoms with E-state index in [2.05, 4.69) is 20.2 Å². The Hall–Kier alpha value is -2.22. The highest BCUT2D eigenvalue weighted by Crippen LogP contribution is 2.32. The Morgan fingerprint density at radius 2 is 1.85 bits per heavy atom. The standard InChI is InChI=1S/C18H19ClN4O3/c19-13-3-1-2-4-14(13)22-17(24)15-11-21-16(12-20-15)23-7-5-18(6-8-23)25-9-10-26-18/h1-4,11-12H,5-10H2,(H,22,24). The van der Waals surface area contributed by atoms with Crippen LogP contribution < -0.4 is 10.2 Å². The molecule has 0 unspecified atom stereocenters. The molecule has 7 nitrogen and oxygen atoms in total. The first kappa shape index (κ1) is 17.2. The van der Waals surface area contributed by atoms with Crippen molar-refractivity contribution in [1.29, 1.82) is 0 Å². The SMILES string of the molecule is O=C(Nc1ccccc1Cl)c1cnc(N2CCC3(CC2)OCCO3)cn1. The van der Waals surface area contributed by atoms with Crippen LogP contribution in [0.15, 0.2) is 36.7 Å². The molecule has 2 saturated heterocycles. The molecule has 1 spiro atoms. The number of rotatable bonds is 3. The fourth-order valence-corrected chi connectivity index (χ4v) is 3.40. The minimum Gasteiger partial charge on any atom is -0.355 e. The molecule has 0 radical (unpaired) electrons. The molecule has 0 aliphatic carbocycles. The number of halogens is 1. The van der Waals surface area contributed by atoms with Gasteiger partial charge in [0.1, 0.15) is 11.5 Å². The van der Waals surface area contributed by atoms with Gasteiger partial charge in [0.25, 0.3) is 5.91 Å². The van der Waals surface area contributed by atoms with E-state index >= 15 is 0 Å².